The van der Waals surface area contributed by atoms with E-state index in [2.05, 4.69) is 16.0 Å². The van der Waals surface area contributed by atoms with Crippen molar-refractivity contribution in [2.24, 2.45) is 0 Å². The summed E-state index contributed by atoms with van der Waals surface area (Å²) < 4.78 is 5.36. The van der Waals surface area contributed by atoms with Crippen LogP contribution < -0.4 is 0 Å². The normalized spacial score (nSPS) is 15.7. The van der Waals surface area contributed by atoms with Gasteiger partial charge in [-0.15, -0.1) is 0 Å². The third-order valence-corrected chi connectivity index (χ3v) is 3.86. The molecule has 0 N–H and O–H groups in total. The molecule has 0 radical (unpaired) electrons. The second kappa shape index (κ2) is 5.39. The standard InChI is InChI=1S/C16H18ClN3O2/c1-16(2,3)22-15(21)20-8-12(9-20)11-6-10-4-5-18-14(17)13(10)19-7-11/h4-7,12H,8-9H2,1-3H3. The Hall–Kier alpha value is -1.88. The second-order valence-corrected chi connectivity index (χ2v) is 6.88. The van der Waals surface area contributed by atoms with Gasteiger partial charge in [0.15, 0.2) is 5.15 Å². The molecule has 1 saturated heterocycles. The van der Waals surface area contributed by atoms with E-state index in [0.717, 1.165) is 10.9 Å². The smallest absolute Gasteiger partial charge is 0.410 e. The summed E-state index contributed by atoms with van der Waals surface area (Å²) in [6.07, 6.45) is 3.22. The molecule has 0 bridgehead atoms. The average molecular weight is 320 g/mol. The third-order valence-electron chi connectivity index (χ3n) is 3.58. The Morgan fingerprint density at radius 2 is 2.09 bits per heavy atom. The van der Waals surface area contributed by atoms with E-state index in [1.54, 1.807) is 11.1 Å². The van der Waals surface area contributed by atoms with Gasteiger partial charge in [-0.05, 0) is 38.5 Å². The lowest BCUT2D eigenvalue weighted by Crippen LogP contribution is -2.50. The fourth-order valence-corrected chi connectivity index (χ4v) is 2.64. The van der Waals surface area contributed by atoms with Crippen LogP contribution in [0.2, 0.25) is 5.15 Å². The molecule has 0 unspecified atom stereocenters. The summed E-state index contributed by atoms with van der Waals surface area (Å²) in [4.78, 5) is 22.0. The number of halogens is 1. The number of hydrogen-bond donors (Lipinski definition) is 0. The van der Waals surface area contributed by atoms with Crippen molar-refractivity contribution in [1.29, 1.82) is 0 Å². The van der Waals surface area contributed by atoms with Crippen molar-refractivity contribution in [3.8, 4) is 0 Å². The molecule has 2 aromatic rings. The molecule has 1 amide bonds. The van der Waals surface area contributed by atoms with Gasteiger partial charge in [0.05, 0.1) is 0 Å². The molecular formula is C16H18ClN3O2. The van der Waals surface area contributed by atoms with E-state index in [1.807, 2.05) is 33.0 Å². The van der Waals surface area contributed by atoms with E-state index in [4.69, 9.17) is 16.3 Å². The van der Waals surface area contributed by atoms with Crippen molar-refractivity contribution in [2.75, 3.05) is 13.1 Å². The molecule has 2 aromatic heterocycles. The zero-order valence-electron chi connectivity index (χ0n) is 12.8. The lowest BCUT2D eigenvalue weighted by molar-refractivity contribution is 0.00818. The molecule has 5 nitrogen and oxygen atoms in total. The molecule has 6 heteroatoms. The van der Waals surface area contributed by atoms with E-state index in [0.29, 0.717) is 23.8 Å². The minimum Gasteiger partial charge on any atom is -0.444 e. The van der Waals surface area contributed by atoms with Gasteiger partial charge in [-0.3, -0.25) is 4.98 Å². The lowest BCUT2D eigenvalue weighted by atomic mass is 9.92. The molecule has 0 saturated carbocycles. The molecule has 0 aromatic carbocycles. The van der Waals surface area contributed by atoms with Crippen LogP contribution in [-0.2, 0) is 4.74 Å². The average Bonchev–Trinajstić information content (AvgIpc) is 2.35. The van der Waals surface area contributed by atoms with E-state index in [1.165, 1.54) is 0 Å². The Bertz CT molecular complexity index is 721. The summed E-state index contributed by atoms with van der Waals surface area (Å²) in [5.41, 5.74) is 1.35. The first-order valence-corrected chi connectivity index (χ1v) is 7.59. The Morgan fingerprint density at radius 1 is 1.36 bits per heavy atom. The molecule has 22 heavy (non-hydrogen) atoms. The van der Waals surface area contributed by atoms with Gasteiger partial charge in [0.1, 0.15) is 11.1 Å². The largest absolute Gasteiger partial charge is 0.444 e. The number of fused-ring (bicyclic) bond motifs is 1. The Kier molecular flexibility index (Phi) is 3.68. The molecular weight excluding hydrogens is 302 g/mol. The maximum absolute atomic E-state index is 11.9. The topological polar surface area (TPSA) is 55.3 Å². The fourth-order valence-electron chi connectivity index (χ4n) is 2.43. The molecule has 3 rings (SSSR count). The summed E-state index contributed by atoms with van der Waals surface area (Å²) in [6.45, 7) is 6.91. The number of aromatic nitrogens is 2. The first-order chi connectivity index (χ1) is 10.3. The minimum atomic E-state index is -0.462. The van der Waals surface area contributed by atoms with Gasteiger partial charge in [0, 0.05) is 36.8 Å². The van der Waals surface area contributed by atoms with E-state index >= 15 is 0 Å². The van der Waals surface area contributed by atoms with Crippen LogP contribution in [-0.4, -0.2) is 39.7 Å². The van der Waals surface area contributed by atoms with Crippen molar-refractivity contribution in [3.63, 3.8) is 0 Å². The van der Waals surface area contributed by atoms with Gasteiger partial charge in [-0.2, -0.15) is 0 Å². The first kappa shape index (κ1) is 15.0. The monoisotopic (exact) mass is 319 g/mol. The molecule has 0 spiro atoms. The summed E-state index contributed by atoms with van der Waals surface area (Å²) in [7, 11) is 0. The molecule has 1 aliphatic rings. The van der Waals surface area contributed by atoms with E-state index in [-0.39, 0.29) is 12.0 Å². The van der Waals surface area contributed by atoms with Crippen molar-refractivity contribution in [1.82, 2.24) is 14.9 Å². The lowest BCUT2D eigenvalue weighted by Gasteiger charge is -2.39. The maximum Gasteiger partial charge on any atom is 0.410 e. The van der Waals surface area contributed by atoms with Crippen LogP contribution in [0.15, 0.2) is 24.5 Å². The zero-order valence-corrected chi connectivity index (χ0v) is 13.6. The highest BCUT2D eigenvalue weighted by Gasteiger charge is 2.34. The molecule has 0 atom stereocenters. The highest BCUT2D eigenvalue weighted by Crippen LogP contribution is 2.30. The zero-order chi connectivity index (χ0) is 15.9. The van der Waals surface area contributed by atoms with E-state index in [9.17, 15) is 4.79 Å². The first-order valence-electron chi connectivity index (χ1n) is 7.21. The van der Waals surface area contributed by atoms with Crippen LogP contribution in [0.25, 0.3) is 10.9 Å². The van der Waals surface area contributed by atoms with Crippen LogP contribution in [0.3, 0.4) is 0 Å². The van der Waals surface area contributed by atoms with E-state index < -0.39 is 5.60 Å². The van der Waals surface area contributed by atoms with Gasteiger partial charge in [0.2, 0.25) is 0 Å². The van der Waals surface area contributed by atoms with Gasteiger partial charge in [0.25, 0.3) is 0 Å². The predicted octanol–water partition coefficient (Wildman–Crippen LogP) is 3.62. The Morgan fingerprint density at radius 3 is 2.77 bits per heavy atom. The van der Waals surface area contributed by atoms with Crippen LogP contribution in [0.1, 0.15) is 32.3 Å². The maximum atomic E-state index is 11.9. The van der Waals surface area contributed by atoms with Crippen LogP contribution in [0, 0.1) is 0 Å². The highest BCUT2D eigenvalue weighted by molar-refractivity contribution is 6.33. The Balaban J connectivity index is 1.69. The van der Waals surface area contributed by atoms with Crippen LogP contribution in [0.5, 0.6) is 0 Å². The Labute approximate surface area is 134 Å². The number of rotatable bonds is 1. The summed E-state index contributed by atoms with van der Waals surface area (Å²) in [5, 5.41) is 1.38. The fraction of sp³-hybridized carbons (Fsp3) is 0.438. The SMILES string of the molecule is CC(C)(C)OC(=O)N1CC(c2cnc3c(Cl)nccc3c2)C1. The predicted molar refractivity (Wildman–Crippen MR) is 85.1 cm³/mol. The molecule has 1 aliphatic heterocycles. The number of carbonyl (C=O) groups is 1. The molecule has 0 aliphatic carbocycles. The number of ether oxygens (including phenoxy) is 1. The van der Waals surface area contributed by atoms with Gasteiger partial charge < -0.3 is 9.64 Å². The van der Waals surface area contributed by atoms with Crippen LogP contribution in [0.4, 0.5) is 4.79 Å². The molecule has 1 fully saturated rings. The van der Waals surface area contributed by atoms with Crippen LogP contribution >= 0.6 is 11.6 Å². The van der Waals surface area contributed by atoms with Gasteiger partial charge in [-0.1, -0.05) is 11.6 Å². The number of likely N-dealkylation sites (tertiary alicyclic amines) is 1. The highest BCUT2D eigenvalue weighted by atomic mass is 35.5. The van der Waals surface area contributed by atoms with Crippen molar-refractivity contribution >= 4 is 28.6 Å². The number of amides is 1. The summed E-state index contributed by atoms with van der Waals surface area (Å²) in [5.74, 6) is 0.288. The number of hydrogen-bond acceptors (Lipinski definition) is 4. The number of carbonyl (C=O) groups excluding carboxylic acids is 1. The molecule has 116 valence electrons. The quantitative estimate of drug-likeness (QED) is 0.753. The summed E-state index contributed by atoms with van der Waals surface area (Å²) in [6, 6.07) is 3.95. The van der Waals surface area contributed by atoms with Gasteiger partial charge in [-0.25, -0.2) is 9.78 Å². The second-order valence-electron chi connectivity index (χ2n) is 6.52. The third kappa shape index (κ3) is 2.99. The number of nitrogens with zero attached hydrogens (tertiary/aromatic N) is 3. The molecule has 3 heterocycles. The minimum absolute atomic E-state index is 0.259. The number of pyridine rings is 2. The van der Waals surface area contributed by atoms with Crippen molar-refractivity contribution in [2.45, 2.75) is 32.3 Å². The van der Waals surface area contributed by atoms with Crippen molar-refractivity contribution in [3.05, 3.63) is 35.2 Å². The summed E-state index contributed by atoms with van der Waals surface area (Å²) >= 11 is 6.02. The van der Waals surface area contributed by atoms with Gasteiger partial charge >= 0.3 is 6.09 Å². The van der Waals surface area contributed by atoms with Crippen molar-refractivity contribution < 1.29 is 9.53 Å².